The van der Waals surface area contributed by atoms with Gasteiger partial charge in [0.2, 0.25) is 0 Å². The maximum atomic E-state index is 4.01. The van der Waals surface area contributed by atoms with Gasteiger partial charge >= 0.3 is 0 Å². The Morgan fingerprint density at radius 2 is 2.75 bits per heavy atom. The van der Waals surface area contributed by atoms with Gasteiger partial charge in [0.05, 0.1) is 16.4 Å². The number of rotatable bonds is 0. The Hall–Kier alpha value is -0.830. The predicted octanol–water partition coefficient (Wildman–Crippen LogP) is 1.42. The molecular formula is C5H3N2S. The second-order valence-electron chi connectivity index (χ2n) is 1.48. The highest BCUT2D eigenvalue weighted by Gasteiger charge is 1.92. The maximum absolute atomic E-state index is 4.01. The molecule has 3 heteroatoms. The number of thiazole rings is 1. The van der Waals surface area contributed by atoms with Crippen LogP contribution in [-0.2, 0) is 0 Å². The Labute approximate surface area is 50.2 Å². The van der Waals surface area contributed by atoms with Crippen LogP contribution in [0, 0.1) is 6.20 Å². The molecule has 0 saturated heterocycles. The summed E-state index contributed by atoms with van der Waals surface area (Å²) in [6, 6.07) is 1.90. The van der Waals surface area contributed by atoms with Crippen molar-refractivity contribution >= 4 is 21.7 Å². The van der Waals surface area contributed by atoms with Crippen molar-refractivity contribution in [3.05, 3.63) is 17.8 Å². The van der Waals surface area contributed by atoms with Crippen molar-refractivity contribution in [3.63, 3.8) is 0 Å². The van der Waals surface area contributed by atoms with Crippen molar-refractivity contribution in [2.75, 3.05) is 0 Å². The van der Waals surface area contributed by atoms with E-state index in [9.17, 15) is 0 Å². The van der Waals surface area contributed by atoms with Crippen LogP contribution in [0.5, 0.6) is 0 Å². The van der Waals surface area contributed by atoms with Crippen LogP contribution in [0.25, 0.3) is 10.3 Å². The van der Waals surface area contributed by atoms with Gasteiger partial charge in [0.1, 0.15) is 5.65 Å². The molecule has 2 rings (SSSR count). The van der Waals surface area contributed by atoms with E-state index in [1.807, 2.05) is 11.6 Å². The molecule has 0 aliphatic rings. The summed E-state index contributed by atoms with van der Waals surface area (Å²) in [6.45, 7) is 0. The third kappa shape index (κ3) is 0.391. The normalized spacial score (nSPS) is 10.5. The van der Waals surface area contributed by atoms with Gasteiger partial charge in [-0.25, -0.2) is 4.98 Å². The third-order valence-electron chi connectivity index (χ3n) is 0.989. The van der Waals surface area contributed by atoms with E-state index < -0.39 is 0 Å². The van der Waals surface area contributed by atoms with Crippen molar-refractivity contribution in [3.8, 4) is 0 Å². The minimum atomic E-state index is 0.940. The molecule has 0 bridgehead atoms. The zero-order valence-corrected chi connectivity index (χ0v) is 4.83. The highest BCUT2D eigenvalue weighted by molar-refractivity contribution is 7.16. The van der Waals surface area contributed by atoms with E-state index >= 15 is 0 Å². The quantitative estimate of drug-likeness (QED) is 0.564. The zero-order valence-electron chi connectivity index (χ0n) is 4.01. The molecule has 1 radical (unpaired) electrons. The fraction of sp³-hybridized carbons (Fsp3) is 0. The molecule has 1 N–H and O–H groups in total. The van der Waals surface area contributed by atoms with Crippen LogP contribution in [0.3, 0.4) is 0 Å². The first-order valence-corrected chi connectivity index (χ1v) is 3.13. The summed E-state index contributed by atoms with van der Waals surface area (Å²) in [5, 5.41) is 0. The van der Waals surface area contributed by atoms with Gasteiger partial charge in [0.15, 0.2) is 0 Å². The number of aromatic nitrogens is 2. The summed E-state index contributed by atoms with van der Waals surface area (Å²) in [5.41, 5.74) is 2.75. The predicted molar refractivity (Wildman–Crippen MR) is 32.8 cm³/mol. The summed E-state index contributed by atoms with van der Waals surface area (Å²) in [6.07, 6.45) is 2.84. The van der Waals surface area contributed by atoms with Crippen LogP contribution >= 0.6 is 11.3 Å². The van der Waals surface area contributed by atoms with Gasteiger partial charge < -0.3 is 4.98 Å². The van der Waals surface area contributed by atoms with Crippen LogP contribution < -0.4 is 0 Å². The van der Waals surface area contributed by atoms with Gasteiger partial charge in [0, 0.05) is 0 Å². The second kappa shape index (κ2) is 1.32. The van der Waals surface area contributed by atoms with Crippen LogP contribution in [0.4, 0.5) is 0 Å². The van der Waals surface area contributed by atoms with Crippen molar-refractivity contribution in [2.24, 2.45) is 0 Å². The molecule has 2 nitrogen and oxygen atoms in total. The van der Waals surface area contributed by atoms with Crippen LogP contribution in [-0.4, -0.2) is 9.97 Å². The fourth-order valence-corrected chi connectivity index (χ4v) is 1.24. The van der Waals surface area contributed by atoms with Crippen molar-refractivity contribution in [1.29, 1.82) is 0 Å². The number of nitrogens with zero attached hydrogens (tertiary/aromatic N) is 1. The number of H-pyrrole nitrogens is 1. The molecule has 2 aromatic rings. The van der Waals surface area contributed by atoms with Crippen molar-refractivity contribution in [1.82, 2.24) is 9.97 Å². The van der Waals surface area contributed by atoms with E-state index in [1.165, 1.54) is 4.70 Å². The zero-order chi connectivity index (χ0) is 5.40. The van der Waals surface area contributed by atoms with Gasteiger partial charge in [-0.05, 0) is 6.07 Å². The maximum Gasteiger partial charge on any atom is 0.148 e. The molecule has 39 valence electrons. The van der Waals surface area contributed by atoms with Crippen LogP contribution in [0.1, 0.15) is 0 Å². The molecule has 0 amide bonds. The van der Waals surface area contributed by atoms with Gasteiger partial charge in [-0.1, -0.05) is 0 Å². The van der Waals surface area contributed by atoms with Crippen LogP contribution in [0.2, 0.25) is 0 Å². The number of fused-ring (bicyclic) bond motifs is 1. The second-order valence-corrected chi connectivity index (χ2v) is 2.37. The average molecular weight is 123 g/mol. The minimum absolute atomic E-state index is 0.940. The molecule has 0 aliphatic heterocycles. The van der Waals surface area contributed by atoms with Crippen molar-refractivity contribution in [2.45, 2.75) is 0 Å². The Kier molecular flexibility index (Phi) is 0.676. The molecule has 0 aliphatic carbocycles. The molecule has 0 unspecified atom stereocenters. The minimum Gasteiger partial charge on any atom is -0.337 e. The van der Waals surface area contributed by atoms with Crippen LogP contribution in [0.15, 0.2) is 11.6 Å². The Bertz CT molecular complexity index is 232. The van der Waals surface area contributed by atoms with Crippen molar-refractivity contribution < 1.29 is 0 Å². The Balaban J connectivity index is 3.06. The Morgan fingerprint density at radius 3 is 3.62 bits per heavy atom. The standard InChI is InChI=1S/C5H3N2S/c1-2-6-5-4(1)8-3-7-5/h1,3,6H. The molecular weight excluding hydrogens is 120 g/mol. The average Bonchev–Trinajstić information content (AvgIpc) is 2.15. The third-order valence-corrected chi connectivity index (χ3v) is 1.76. The molecule has 0 aromatic carbocycles. The highest BCUT2D eigenvalue weighted by Crippen LogP contribution is 2.13. The lowest BCUT2D eigenvalue weighted by Crippen LogP contribution is -1.59. The van der Waals surface area contributed by atoms with E-state index in [1.54, 1.807) is 11.3 Å². The molecule has 0 fully saturated rings. The van der Waals surface area contributed by atoms with Gasteiger partial charge in [-0.15, -0.1) is 11.3 Å². The first kappa shape index (κ1) is 4.09. The lowest BCUT2D eigenvalue weighted by molar-refractivity contribution is 1.35. The summed E-state index contributed by atoms with van der Waals surface area (Å²) < 4.78 is 1.17. The molecule has 8 heavy (non-hydrogen) atoms. The van der Waals surface area contributed by atoms with Gasteiger partial charge in [-0.3, -0.25) is 0 Å². The molecule has 2 aromatic heterocycles. The Morgan fingerprint density at radius 1 is 1.75 bits per heavy atom. The van der Waals surface area contributed by atoms with Gasteiger partial charge in [-0.2, -0.15) is 0 Å². The summed E-state index contributed by atoms with van der Waals surface area (Å²) in [5.74, 6) is 0. The largest absolute Gasteiger partial charge is 0.337 e. The summed E-state index contributed by atoms with van der Waals surface area (Å²) >= 11 is 1.62. The van der Waals surface area contributed by atoms with E-state index in [0.29, 0.717) is 0 Å². The van der Waals surface area contributed by atoms with E-state index in [-0.39, 0.29) is 0 Å². The number of hydrogen-bond acceptors (Lipinski definition) is 2. The van der Waals surface area contributed by atoms with E-state index in [4.69, 9.17) is 0 Å². The fourth-order valence-electron chi connectivity index (χ4n) is 0.622. The highest BCUT2D eigenvalue weighted by atomic mass is 32.1. The molecule has 0 spiro atoms. The first-order valence-electron chi connectivity index (χ1n) is 2.25. The molecule has 2 heterocycles. The number of aromatic amines is 1. The lowest BCUT2D eigenvalue weighted by atomic mass is 10.6. The van der Waals surface area contributed by atoms with Gasteiger partial charge in [0.25, 0.3) is 0 Å². The number of hydrogen-bond donors (Lipinski definition) is 1. The summed E-state index contributed by atoms with van der Waals surface area (Å²) in [7, 11) is 0. The topological polar surface area (TPSA) is 28.7 Å². The first-order chi connectivity index (χ1) is 3.97. The SMILES string of the molecule is [c]1cc2scnc2[nH]1. The smallest absolute Gasteiger partial charge is 0.148 e. The van der Waals surface area contributed by atoms with E-state index in [2.05, 4.69) is 16.2 Å². The summed E-state index contributed by atoms with van der Waals surface area (Å²) in [4.78, 5) is 6.88. The molecule has 0 atom stereocenters. The molecule has 0 saturated carbocycles. The monoisotopic (exact) mass is 123 g/mol. The lowest BCUT2D eigenvalue weighted by Gasteiger charge is -1.64. The van der Waals surface area contributed by atoms with E-state index in [0.717, 1.165) is 5.65 Å². The number of nitrogens with one attached hydrogen (secondary N) is 1.